The molecule has 1 amide bonds. The van der Waals surface area contributed by atoms with E-state index in [1.165, 1.54) is 0 Å². The van der Waals surface area contributed by atoms with Gasteiger partial charge in [-0.05, 0) is 29.7 Å². The molecule has 8 heteroatoms. The Morgan fingerprint density at radius 1 is 1.16 bits per heavy atom. The highest BCUT2D eigenvalue weighted by molar-refractivity contribution is 7.91. The van der Waals surface area contributed by atoms with Crippen molar-refractivity contribution in [3.8, 4) is 0 Å². The van der Waals surface area contributed by atoms with E-state index in [1.54, 1.807) is 6.20 Å². The second-order valence-electron chi connectivity index (χ2n) is 6.24. The van der Waals surface area contributed by atoms with Gasteiger partial charge in [0.15, 0.2) is 9.84 Å². The van der Waals surface area contributed by atoms with Gasteiger partial charge in [0.2, 0.25) is 0 Å². The standard InChI is InChI=1S/C17H22N4O3S/c22-17(18-6-5-15-11-19-20-12-15)16-3-1-14(2-4-16)13-21-7-9-25(23,24)10-8-21/h1-4,11-12H,5-10,13H2,(H,18,22)(H,19,20). The fourth-order valence-electron chi connectivity index (χ4n) is 2.76. The average molecular weight is 362 g/mol. The van der Waals surface area contributed by atoms with Gasteiger partial charge in [0, 0.05) is 37.9 Å². The molecule has 25 heavy (non-hydrogen) atoms. The molecule has 1 saturated heterocycles. The zero-order valence-electron chi connectivity index (χ0n) is 13.9. The molecule has 7 nitrogen and oxygen atoms in total. The smallest absolute Gasteiger partial charge is 0.251 e. The van der Waals surface area contributed by atoms with E-state index in [9.17, 15) is 13.2 Å². The van der Waals surface area contributed by atoms with Gasteiger partial charge >= 0.3 is 0 Å². The number of carbonyl (C=O) groups excluding carboxylic acids is 1. The van der Waals surface area contributed by atoms with Gasteiger partial charge in [-0.3, -0.25) is 14.8 Å². The molecule has 3 rings (SSSR count). The Morgan fingerprint density at radius 2 is 1.88 bits per heavy atom. The van der Waals surface area contributed by atoms with Gasteiger partial charge in [0.1, 0.15) is 0 Å². The van der Waals surface area contributed by atoms with Gasteiger partial charge in [0.25, 0.3) is 5.91 Å². The molecule has 1 aliphatic rings. The van der Waals surface area contributed by atoms with Crippen LogP contribution in [0.4, 0.5) is 0 Å². The molecule has 0 unspecified atom stereocenters. The van der Waals surface area contributed by atoms with Crippen LogP contribution in [0.1, 0.15) is 21.5 Å². The van der Waals surface area contributed by atoms with Crippen LogP contribution in [0.5, 0.6) is 0 Å². The molecule has 2 heterocycles. The number of hydrogen-bond acceptors (Lipinski definition) is 5. The van der Waals surface area contributed by atoms with E-state index in [2.05, 4.69) is 20.4 Å². The largest absolute Gasteiger partial charge is 0.352 e. The SMILES string of the molecule is O=C(NCCc1cn[nH]c1)c1ccc(CN2CCS(=O)(=O)CC2)cc1. The molecular weight excluding hydrogens is 340 g/mol. The second kappa shape index (κ2) is 7.79. The minimum absolute atomic E-state index is 0.0980. The lowest BCUT2D eigenvalue weighted by Crippen LogP contribution is -2.39. The van der Waals surface area contributed by atoms with Crippen molar-refractivity contribution in [2.24, 2.45) is 0 Å². The predicted octanol–water partition coefficient (Wildman–Crippen LogP) is 0.613. The number of H-pyrrole nitrogens is 1. The third-order valence-corrected chi connectivity index (χ3v) is 5.92. The molecule has 2 N–H and O–H groups in total. The summed E-state index contributed by atoms with van der Waals surface area (Å²) in [4.78, 5) is 14.3. The van der Waals surface area contributed by atoms with E-state index in [1.807, 2.05) is 30.5 Å². The summed E-state index contributed by atoms with van der Waals surface area (Å²) in [6.45, 7) is 2.40. The van der Waals surface area contributed by atoms with Gasteiger partial charge in [0.05, 0.1) is 17.7 Å². The Bertz CT molecular complexity index is 787. The highest BCUT2D eigenvalue weighted by Crippen LogP contribution is 2.11. The number of aromatic nitrogens is 2. The number of aromatic amines is 1. The molecule has 1 fully saturated rings. The summed E-state index contributed by atoms with van der Waals surface area (Å²) in [6, 6.07) is 7.47. The molecule has 2 aromatic rings. The van der Waals surface area contributed by atoms with Crippen LogP contribution in [-0.2, 0) is 22.8 Å². The Balaban J connectivity index is 1.47. The van der Waals surface area contributed by atoms with Gasteiger partial charge in [-0.15, -0.1) is 0 Å². The number of benzene rings is 1. The summed E-state index contributed by atoms with van der Waals surface area (Å²) >= 11 is 0. The maximum atomic E-state index is 12.1. The number of amides is 1. The van der Waals surface area contributed by atoms with Crippen LogP contribution in [0, 0.1) is 0 Å². The number of rotatable bonds is 6. The number of hydrogen-bond donors (Lipinski definition) is 2. The zero-order valence-corrected chi connectivity index (χ0v) is 14.8. The van der Waals surface area contributed by atoms with E-state index in [-0.39, 0.29) is 17.4 Å². The van der Waals surface area contributed by atoms with Crippen LogP contribution in [0.15, 0.2) is 36.7 Å². The Labute approximate surface area is 147 Å². The summed E-state index contributed by atoms with van der Waals surface area (Å²) in [6.07, 6.45) is 4.29. The normalized spacial score (nSPS) is 17.3. The van der Waals surface area contributed by atoms with Crippen molar-refractivity contribution >= 4 is 15.7 Å². The lowest BCUT2D eigenvalue weighted by atomic mass is 10.1. The molecule has 0 aliphatic carbocycles. The van der Waals surface area contributed by atoms with Crippen molar-refractivity contribution in [2.75, 3.05) is 31.1 Å². The first-order valence-electron chi connectivity index (χ1n) is 8.29. The minimum Gasteiger partial charge on any atom is -0.352 e. The molecular formula is C17H22N4O3S. The number of carbonyl (C=O) groups is 1. The van der Waals surface area contributed by atoms with Crippen LogP contribution in [0.2, 0.25) is 0 Å². The molecule has 0 bridgehead atoms. The van der Waals surface area contributed by atoms with E-state index >= 15 is 0 Å². The van der Waals surface area contributed by atoms with Gasteiger partial charge in [-0.2, -0.15) is 5.10 Å². The van der Waals surface area contributed by atoms with Crippen molar-refractivity contribution in [3.63, 3.8) is 0 Å². The number of nitrogens with one attached hydrogen (secondary N) is 2. The average Bonchev–Trinajstić information content (AvgIpc) is 3.11. The fraction of sp³-hybridized carbons (Fsp3) is 0.412. The van der Waals surface area contributed by atoms with E-state index < -0.39 is 9.84 Å². The minimum atomic E-state index is -2.85. The summed E-state index contributed by atoms with van der Waals surface area (Å²) in [5, 5.41) is 9.50. The molecule has 1 aromatic heterocycles. The van der Waals surface area contributed by atoms with Crippen LogP contribution in [0.25, 0.3) is 0 Å². The first-order chi connectivity index (χ1) is 12.0. The van der Waals surface area contributed by atoms with Crippen molar-refractivity contribution < 1.29 is 13.2 Å². The van der Waals surface area contributed by atoms with Crippen molar-refractivity contribution in [3.05, 3.63) is 53.3 Å². The topological polar surface area (TPSA) is 95.2 Å². The maximum absolute atomic E-state index is 12.1. The molecule has 0 radical (unpaired) electrons. The van der Waals surface area contributed by atoms with Crippen LogP contribution >= 0.6 is 0 Å². The number of nitrogens with zero attached hydrogens (tertiary/aromatic N) is 2. The first-order valence-corrected chi connectivity index (χ1v) is 10.1. The molecule has 0 spiro atoms. The van der Waals surface area contributed by atoms with Crippen molar-refractivity contribution in [2.45, 2.75) is 13.0 Å². The van der Waals surface area contributed by atoms with E-state index in [0.29, 0.717) is 31.7 Å². The van der Waals surface area contributed by atoms with E-state index in [0.717, 1.165) is 17.5 Å². The first kappa shape index (κ1) is 17.6. The Morgan fingerprint density at radius 3 is 2.52 bits per heavy atom. The van der Waals surface area contributed by atoms with Gasteiger partial charge < -0.3 is 5.32 Å². The zero-order chi connectivity index (χ0) is 17.7. The highest BCUT2D eigenvalue weighted by atomic mass is 32.2. The molecule has 1 aromatic carbocycles. The summed E-state index contributed by atoms with van der Waals surface area (Å²) in [5.41, 5.74) is 2.76. The van der Waals surface area contributed by atoms with Crippen LogP contribution in [0.3, 0.4) is 0 Å². The quantitative estimate of drug-likeness (QED) is 0.785. The van der Waals surface area contributed by atoms with Crippen LogP contribution in [-0.4, -0.2) is 60.6 Å². The molecule has 134 valence electrons. The summed E-state index contributed by atoms with van der Waals surface area (Å²) in [5.74, 6) is 0.355. The highest BCUT2D eigenvalue weighted by Gasteiger charge is 2.21. The maximum Gasteiger partial charge on any atom is 0.251 e. The summed E-state index contributed by atoms with van der Waals surface area (Å²) in [7, 11) is -2.85. The van der Waals surface area contributed by atoms with Gasteiger partial charge in [-0.25, -0.2) is 8.42 Å². The van der Waals surface area contributed by atoms with Crippen molar-refractivity contribution in [1.82, 2.24) is 20.4 Å². The fourth-order valence-corrected chi connectivity index (χ4v) is 4.04. The third-order valence-electron chi connectivity index (χ3n) is 4.31. The third kappa shape index (κ3) is 5.14. The molecule has 1 aliphatic heterocycles. The Hall–Kier alpha value is -2.19. The van der Waals surface area contributed by atoms with Crippen LogP contribution < -0.4 is 5.32 Å². The summed E-state index contributed by atoms with van der Waals surface area (Å²) < 4.78 is 22.9. The predicted molar refractivity (Wildman–Crippen MR) is 95.0 cm³/mol. The number of sulfone groups is 1. The lowest BCUT2D eigenvalue weighted by molar-refractivity contribution is 0.0954. The Kier molecular flexibility index (Phi) is 5.50. The molecule has 0 atom stereocenters. The lowest BCUT2D eigenvalue weighted by Gasteiger charge is -2.26. The monoisotopic (exact) mass is 362 g/mol. The molecule has 0 saturated carbocycles. The van der Waals surface area contributed by atoms with E-state index in [4.69, 9.17) is 0 Å². The van der Waals surface area contributed by atoms with Crippen molar-refractivity contribution in [1.29, 1.82) is 0 Å². The van der Waals surface area contributed by atoms with Gasteiger partial charge in [-0.1, -0.05) is 12.1 Å². The second-order valence-corrected chi connectivity index (χ2v) is 8.54.